The standard InChI is InChI=1S/C12H25N3O3S/c1-11-5-4-7-15(9-11)8-6-13-12(16)10-14(2)19(3,17)18/h11H,4-10H2,1-3H3,(H,13,16)/t11-/m1/s1. The molecule has 0 radical (unpaired) electrons. The van der Waals surface area contributed by atoms with Gasteiger partial charge >= 0.3 is 0 Å². The zero-order valence-corrected chi connectivity index (χ0v) is 12.9. The van der Waals surface area contributed by atoms with Crippen molar-refractivity contribution in [3.8, 4) is 0 Å². The SMILES string of the molecule is C[C@@H]1CCCN(CCNC(=O)CN(C)S(C)(=O)=O)C1. The summed E-state index contributed by atoms with van der Waals surface area (Å²) in [5.41, 5.74) is 0. The Morgan fingerprint density at radius 2 is 2.16 bits per heavy atom. The zero-order chi connectivity index (χ0) is 14.5. The van der Waals surface area contributed by atoms with Gasteiger partial charge in [0.15, 0.2) is 0 Å². The fourth-order valence-corrected chi connectivity index (χ4v) is 2.57. The lowest BCUT2D eigenvalue weighted by atomic mass is 10.0. The molecule has 1 rings (SSSR count). The van der Waals surface area contributed by atoms with Crippen molar-refractivity contribution in [1.82, 2.24) is 14.5 Å². The van der Waals surface area contributed by atoms with Crippen LogP contribution in [0.25, 0.3) is 0 Å². The molecule has 112 valence electrons. The quantitative estimate of drug-likeness (QED) is 0.731. The van der Waals surface area contributed by atoms with Crippen LogP contribution in [0.4, 0.5) is 0 Å². The van der Waals surface area contributed by atoms with Gasteiger partial charge in [-0.3, -0.25) is 4.79 Å². The number of likely N-dealkylation sites (N-methyl/N-ethyl adjacent to an activating group) is 1. The molecule has 0 bridgehead atoms. The largest absolute Gasteiger partial charge is 0.354 e. The third kappa shape index (κ3) is 6.35. The average Bonchev–Trinajstić information content (AvgIpc) is 2.27. The molecule has 7 heteroatoms. The predicted octanol–water partition coefficient (Wildman–Crippen LogP) is -0.274. The number of hydrogen-bond donors (Lipinski definition) is 1. The average molecular weight is 291 g/mol. The Labute approximate surface area is 116 Å². The van der Waals surface area contributed by atoms with E-state index in [1.54, 1.807) is 0 Å². The summed E-state index contributed by atoms with van der Waals surface area (Å²) in [7, 11) is -1.88. The van der Waals surface area contributed by atoms with E-state index in [2.05, 4.69) is 17.1 Å². The van der Waals surface area contributed by atoms with E-state index in [1.807, 2.05) is 0 Å². The van der Waals surface area contributed by atoms with Crippen molar-refractivity contribution in [3.63, 3.8) is 0 Å². The van der Waals surface area contributed by atoms with Crippen molar-refractivity contribution in [3.05, 3.63) is 0 Å². The first kappa shape index (κ1) is 16.4. The number of nitrogens with one attached hydrogen (secondary N) is 1. The molecule has 1 N–H and O–H groups in total. The van der Waals surface area contributed by atoms with Crippen molar-refractivity contribution in [2.24, 2.45) is 5.92 Å². The number of likely N-dealkylation sites (tertiary alicyclic amines) is 1. The van der Waals surface area contributed by atoms with Crippen molar-refractivity contribution in [1.29, 1.82) is 0 Å². The summed E-state index contributed by atoms with van der Waals surface area (Å²) >= 11 is 0. The summed E-state index contributed by atoms with van der Waals surface area (Å²) in [6.45, 7) is 5.70. The number of amides is 1. The van der Waals surface area contributed by atoms with Gasteiger partial charge in [-0.2, -0.15) is 4.31 Å². The van der Waals surface area contributed by atoms with Crippen LogP contribution in [0.2, 0.25) is 0 Å². The van der Waals surface area contributed by atoms with Crippen LogP contribution >= 0.6 is 0 Å². The van der Waals surface area contributed by atoms with Crippen LogP contribution in [0.1, 0.15) is 19.8 Å². The fourth-order valence-electron chi connectivity index (χ4n) is 2.22. The molecule has 0 aromatic rings. The first-order valence-electron chi connectivity index (χ1n) is 6.69. The van der Waals surface area contributed by atoms with Gasteiger partial charge in [0.05, 0.1) is 12.8 Å². The Morgan fingerprint density at radius 3 is 2.74 bits per heavy atom. The first-order valence-corrected chi connectivity index (χ1v) is 8.54. The smallest absolute Gasteiger partial charge is 0.235 e. The molecule has 6 nitrogen and oxygen atoms in total. The lowest BCUT2D eigenvalue weighted by Crippen LogP contribution is -2.43. The molecule has 1 saturated heterocycles. The number of hydrogen-bond acceptors (Lipinski definition) is 4. The number of rotatable bonds is 6. The third-order valence-electron chi connectivity index (χ3n) is 3.42. The monoisotopic (exact) mass is 291 g/mol. The molecule has 0 aliphatic carbocycles. The van der Waals surface area contributed by atoms with E-state index in [9.17, 15) is 13.2 Å². The minimum absolute atomic E-state index is 0.116. The molecule has 1 fully saturated rings. The van der Waals surface area contributed by atoms with Gasteiger partial charge in [-0.1, -0.05) is 6.92 Å². The van der Waals surface area contributed by atoms with Gasteiger partial charge in [0, 0.05) is 26.7 Å². The highest BCUT2D eigenvalue weighted by Gasteiger charge is 2.17. The fraction of sp³-hybridized carbons (Fsp3) is 0.917. The van der Waals surface area contributed by atoms with E-state index in [4.69, 9.17) is 0 Å². The second kappa shape index (κ2) is 7.21. The maximum absolute atomic E-state index is 11.6. The van der Waals surface area contributed by atoms with Gasteiger partial charge < -0.3 is 10.2 Å². The summed E-state index contributed by atoms with van der Waals surface area (Å²) in [5.74, 6) is 0.471. The van der Waals surface area contributed by atoms with E-state index < -0.39 is 10.0 Å². The number of sulfonamides is 1. The highest BCUT2D eigenvalue weighted by molar-refractivity contribution is 7.88. The van der Waals surface area contributed by atoms with Crippen LogP contribution < -0.4 is 5.32 Å². The van der Waals surface area contributed by atoms with E-state index in [1.165, 1.54) is 19.9 Å². The van der Waals surface area contributed by atoms with Crippen molar-refractivity contribution < 1.29 is 13.2 Å². The summed E-state index contributed by atoms with van der Waals surface area (Å²) in [6, 6.07) is 0. The van der Waals surface area contributed by atoms with E-state index >= 15 is 0 Å². The topological polar surface area (TPSA) is 69.7 Å². The summed E-state index contributed by atoms with van der Waals surface area (Å²) in [4.78, 5) is 13.9. The Morgan fingerprint density at radius 1 is 1.47 bits per heavy atom. The minimum Gasteiger partial charge on any atom is -0.354 e. The van der Waals surface area contributed by atoms with Gasteiger partial charge in [-0.25, -0.2) is 8.42 Å². The van der Waals surface area contributed by atoms with Crippen molar-refractivity contribution in [2.75, 3.05) is 46.0 Å². The van der Waals surface area contributed by atoms with Gasteiger partial charge in [0.1, 0.15) is 0 Å². The minimum atomic E-state index is -3.29. The predicted molar refractivity (Wildman–Crippen MR) is 75.3 cm³/mol. The highest BCUT2D eigenvalue weighted by Crippen LogP contribution is 2.14. The van der Waals surface area contributed by atoms with Crippen LogP contribution in [0.15, 0.2) is 0 Å². The molecule has 0 saturated carbocycles. The normalized spacial score (nSPS) is 21.6. The van der Waals surface area contributed by atoms with E-state index in [0.717, 1.165) is 36.1 Å². The molecule has 1 amide bonds. The summed E-state index contributed by atoms with van der Waals surface area (Å²) in [5, 5.41) is 2.76. The zero-order valence-electron chi connectivity index (χ0n) is 12.1. The molecule has 19 heavy (non-hydrogen) atoms. The second-order valence-electron chi connectivity index (χ2n) is 5.42. The number of carbonyl (C=O) groups is 1. The van der Waals surface area contributed by atoms with Crippen LogP contribution in [0.3, 0.4) is 0 Å². The number of nitrogens with zero attached hydrogens (tertiary/aromatic N) is 2. The Kier molecular flexibility index (Phi) is 6.22. The Hall–Kier alpha value is -0.660. The molecule has 1 heterocycles. The molecular weight excluding hydrogens is 266 g/mol. The van der Waals surface area contributed by atoms with Crippen LogP contribution in [0, 0.1) is 5.92 Å². The van der Waals surface area contributed by atoms with Gasteiger partial charge in [-0.15, -0.1) is 0 Å². The Bertz CT molecular complexity index is 397. The molecule has 0 aromatic carbocycles. The maximum Gasteiger partial charge on any atom is 0.235 e. The molecule has 1 aliphatic rings. The first-order chi connectivity index (χ1) is 8.79. The van der Waals surface area contributed by atoms with Gasteiger partial charge in [-0.05, 0) is 25.3 Å². The number of piperidine rings is 1. The van der Waals surface area contributed by atoms with Crippen molar-refractivity contribution in [2.45, 2.75) is 19.8 Å². The molecule has 0 aromatic heterocycles. The molecule has 0 unspecified atom stereocenters. The third-order valence-corrected chi connectivity index (χ3v) is 4.69. The lowest BCUT2D eigenvalue weighted by molar-refractivity contribution is -0.121. The van der Waals surface area contributed by atoms with Crippen LogP contribution in [-0.2, 0) is 14.8 Å². The van der Waals surface area contributed by atoms with Gasteiger partial charge in [0.25, 0.3) is 0 Å². The van der Waals surface area contributed by atoms with Gasteiger partial charge in [0.2, 0.25) is 15.9 Å². The van der Waals surface area contributed by atoms with E-state index in [-0.39, 0.29) is 12.5 Å². The Balaban J connectivity index is 2.20. The molecule has 1 aliphatic heterocycles. The second-order valence-corrected chi connectivity index (χ2v) is 7.51. The van der Waals surface area contributed by atoms with Crippen LogP contribution in [-0.4, -0.2) is 69.6 Å². The summed E-state index contributed by atoms with van der Waals surface area (Å²) < 4.78 is 23.4. The van der Waals surface area contributed by atoms with Crippen LogP contribution in [0.5, 0.6) is 0 Å². The molecule has 0 spiro atoms. The number of carbonyl (C=O) groups excluding carboxylic acids is 1. The summed E-state index contributed by atoms with van der Waals surface area (Å²) in [6.07, 6.45) is 3.59. The molecule has 1 atom stereocenters. The lowest BCUT2D eigenvalue weighted by Gasteiger charge is -2.30. The van der Waals surface area contributed by atoms with E-state index in [0.29, 0.717) is 6.54 Å². The van der Waals surface area contributed by atoms with Crippen molar-refractivity contribution >= 4 is 15.9 Å². The molecular formula is C12H25N3O3S. The highest BCUT2D eigenvalue weighted by atomic mass is 32.2. The maximum atomic E-state index is 11.6.